The lowest BCUT2D eigenvalue weighted by molar-refractivity contribution is -0.127. The predicted molar refractivity (Wildman–Crippen MR) is 88.9 cm³/mol. The van der Waals surface area contributed by atoms with Crippen molar-refractivity contribution in [2.75, 3.05) is 12.8 Å². The number of carbonyl (C=O) groups excluding carboxylic acids is 1. The van der Waals surface area contributed by atoms with E-state index in [0.717, 1.165) is 17.8 Å². The first-order chi connectivity index (χ1) is 11.0. The number of rotatable bonds is 5. The van der Waals surface area contributed by atoms with Gasteiger partial charge in [-0.25, -0.2) is 0 Å². The lowest BCUT2D eigenvalue weighted by atomic mass is 9.56. The fourth-order valence-corrected chi connectivity index (χ4v) is 6.94. The van der Waals surface area contributed by atoms with E-state index in [4.69, 9.17) is 4.52 Å². The SMILES string of the molecule is Cc1noc(CN(C)C(=O)CSC23CC4CC(CC(C4)C2)C3)n1. The van der Waals surface area contributed by atoms with Gasteiger partial charge in [0.15, 0.2) is 5.82 Å². The first-order valence-electron chi connectivity index (χ1n) is 8.68. The van der Waals surface area contributed by atoms with Gasteiger partial charge in [0.2, 0.25) is 11.8 Å². The van der Waals surface area contributed by atoms with E-state index in [2.05, 4.69) is 10.1 Å². The summed E-state index contributed by atoms with van der Waals surface area (Å²) in [5.41, 5.74) is 0. The highest BCUT2D eigenvalue weighted by Crippen LogP contribution is 2.60. The average Bonchev–Trinajstić information content (AvgIpc) is 2.88. The summed E-state index contributed by atoms with van der Waals surface area (Å²) in [6.45, 7) is 2.19. The zero-order valence-electron chi connectivity index (χ0n) is 14.0. The average molecular weight is 335 g/mol. The van der Waals surface area contributed by atoms with Crippen LogP contribution in [-0.4, -0.2) is 38.5 Å². The molecule has 5 rings (SSSR count). The number of thioether (sulfide) groups is 1. The molecule has 4 saturated carbocycles. The van der Waals surface area contributed by atoms with Gasteiger partial charge >= 0.3 is 0 Å². The summed E-state index contributed by atoms with van der Waals surface area (Å²) in [6.07, 6.45) is 8.36. The third-order valence-corrected chi connectivity index (χ3v) is 7.36. The Bertz CT molecular complexity index is 565. The molecule has 23 heavy (non-hydrogen) atoms. The lowest BCUT2D eigenvalue weighted by Crippen LogP contribution is -2.49. The van der Waals surface area contributed by atoms with Crippen molar-refractivity contribution in [3.05, 3.63) is 11.7 Å². The summed E-state index contributed by atoms with van der Waals surface area (Å²) < 4.78 is 5.50. The maximum absolute atomic E-state index is 12.5. The first-order valence-corrected chi connectivity index (χ1v) is 9.67. The zero-order chi connectivity index (χ0) is 16.0. The largest absolute Gasteiger partial charge is 0.337 e. The third-order valence-electron chi connectivity index (χ3n) is 5.85. The third kappa shape index (κ3) is 3.14. The van der Waals surface area contributed by atoms with Gasteiger partial charge in [0.05, 0.1) is 12.3 Å². The molecule has 1 aromatic heterocycles. The minimum atomic E-state index is 0.168. The van der Waals surface area contributed by atoms with Gasteiger partial charge < -0.3 is 9.42 Å². The van der Waals surface area contributed by atoms with E-state index in [1.165, 1.54) is 38.5 Å². The minimum Gasteiger partial charge on any atom is -0.337 e. The molecule has 4 bridgehead atoms. The molecule has 1 heterocycles. The van der Waals surface area contributed by atoms with E-state index >= 15 is 0 Å². The number of aryl methyl sites for hydroxylation is 1. The van der Waals surface area contributed by atoms with E-state index in [1.807, 2.05) is 18.8 Å². The zero-order valence-corrected chi connectivity index (χ0v) is 14.8. The maximum atomic E-state index is 12.5. The molecule has 126 valence electrons. The summed E-state index contributed by atoms with van der Waals surface area (Å²) in [7, 11) is 1.82. The highest BCUT2D eigenvalue weighted by Gasteiger charge is 2.51. The molecule has 5 nitrogen and oxygen atoms in total. The molecule has 0 saturated heterocycles. The molecule has 0 radical (unpaired) electrons. The van der Waals surface area contributed by atoms with Crippen molar-refractivity contribution in [1.82, 2.24) is 15.0 Å². The second-order valence-corrected chi connectivity index (χ2v) is 9.32. The molecule has 0 atom stereocenters. The van der Waals surface area contributed by atoms with Crippen molar-refractivity contribution in [2.24, 2.45) is 17.8 Å². The van der Waals surface area contributed by atoms with Crippen LogP contribution in [0.3, 0.4) is 0 Å². The van der Waals surface area contributed by atoms with Gasteiger partial charge in [0, 0.05) is 11.8 Å². The molecule has 6 heteroatoms. The van der Waals surface area contributed by atoms with E-state index in [-0.39, 0.29) is 5.91 Å². The van der Waals surface area contributed by atoms with Crippen molar-refractivity contribution in [3.8, 4) is 0 Å². The second kappa shape index (κ2) is 5.80. The van der Waals surface area contributed by atoms with Gasteiger partial charge in [-0.2, -0.15) is 4.98 Å². The van der Waals surface area contributed by atoms with Gasteiger partial charge in [0.25, 0.3) is 0 Å². The Kier molecular flexibility index (Phi) is 3.90. The van der Waals surface area contributed by atoms with Crippen molar-refractivity contribution in [3.63, 3.8) is 0 Å². The fourth-order valence-electron chi connectivity index (χ4n) is 5.23. The van der Waals surface area contributed by atoms with Gasteiger partial charge in [-0.3, -0.25) is 4.79 Å². The van der Waals surface area contributed by atoms with Gasteiger partial charge in [-0.15, -0.1) is 11.8 Å². The van der Waals surface area contributed by atoms with Crippen molar-refractivity contribution in [1.29, 1.82) is 0 Å². The van der Waals surface area contributed by atoms with Crippen LogP contribution in [0.5, 0.6) is 0 Å². The summed E-state index contributed by atoms with van der Waals surface area (Å²) in [5, 5.41) is 3.77. The number of hydrogen-bond donors (Lipinski definition) is 0. The number of amides is 1. The fraction of sp³-hybridized carbons (Fsp3) is 0.824. The van der Waals surface area contributed by atoms with Gasteiger partial charge in [-0.05, 0) is 63.2 Å². The van der Waals surface area contributed by atoms with Crippen molar-refractivity contribution < 1.29 is 9.32 Å². The second-order valence-electron chi connectivity index (χ2n) is 7.87. The van der Waals surface area contributed by atoms with Crippen LogP contribution in [0.2, 0.25) is 0 Å². The Balaban J connectivity index is 1.32. The van der Waals surface area contributed by atoms with E-state index in [0.29, 0.717) is 28.8 Å². The number of carbonyl (C=O) groups is 1. The van der Waals surface area contributed by atoms with Crippen molar-refractivity contribution >= 4 is 17.7 Å². The Labute approximate surface area is 141 Å². The molecular weight excluding hydrogens is 310 g/mol. The molecule has 1 amide bonds. The minimum absolute atomic E-state index is 0.168. The highest BCUT2D eigenvalue weighted by atomic mass is 32.2. The molecule has 0 N–H and O–H groups in total. The standard InChI is InChI=1S/C17H25N3O2S/c1-11-18-15(22-19-11)9-20(2)16(21)10-23-17-6-12-3-13(7-17)5-14(4-12)8-17/h12-14H,3-10H2,1-2H3. The lowest BCUT2D eigenvalue weighted by Gasteiger charge is -2.56. The predicted octanol–water partition coefficient (Wildman–Crippen LogP) is 3.04. The van der Waals surface area contributed by atoms with Gasteiger partial charge in [-0.1, -0.05) is 5.16 Å². The maximum Gasteiger partial charge on any atom is 0.246 e. The Hall–Kier alpha value is -1.04. The summed E-state index contributed by atoms with van der Waals surface area (Å²) in [6, 6.07) is 0. The molecule has 0 unspecified atom stereocenters. The van der Waals surface area contributed by atoms with Crippen LogP contribution in [0.15, 0.2) is 4.52 Å². The molecule has 0 spiro atoms. The smallest absolute Gasteiger partial charge is 0.246 e. The Morgan fingerprint density at radius 3 is 2.39 bits per heavy atom. The van der Waals surface area contributed by atoms with E-state index < -0.39 is 0 Å². The topological polar surface area (TPSA) is 59.2 Å². The van der Waals surface area contributed by atoms with Crippen LogP contribution in [0.1, 0.15) is 50.2 Å². The Morgan fingerprint density at radius 1 is 1.26 bits per heavy atom. The number of hydrogen-bond acceptors (Lipinski definition) is 5. The van der Waals surface area contributed by atoms with Crippen LogP contribution in [0.4, 0.5) is 0 Å². The van der Waals surface area contributed by atoms with E-state index in [9.17, 15) is 4.79 Å². The first kappa shape index (κ1) is 15.5. The van der Waals surface area contributed by atoms with Crippen LogP contribution >= 0.6 is 11.8 Å². The highest BCUT2D eigenvalue weighted by molar-refractivity contribution is 8.01. The van der Waals surface area contributed by atoms with Gasteiger partial charge in [0.1, 0.15) is 0 Å². The van der Waals surface area contributed by atoms with Crippen molar-refractivity contribution in [2.45, 2.75) is 56.7 Å². The normalized spacial score (nSPS) is 34.8. The molecule has 0 aliphatic heterocycles. The number of aromatic nitrogens is 2. The number of nitrogens with zero attached hydrogens (tertiary/aromatic N) is 3. The Morgan fingerprint density at radius 2 is 1.87 bits per heavy atom. The quantitative estimate of drug-likeness (QED) is 0.828. The molecule has 4 aliphatic rings. The molecule has 0 aromatic carbocycles. The van der Waals surface area contributed by atoms with Crippen LogP contribution in [-0.2, 0) is 11.3 Å². The van der Waals surface area contributed by atoms with Crippen LogP contribution in [0.25, 0.3) is 0 Å². The monoisotopic (exact) mass is 335 g/mol. The summed E-state index contributed by atoms with van der Waals surface area (Å²) in [5.74, 6) is 4.67. The molecule has 1 aromatic rings. The summed E-state index contributed by atoms with van der Waals surface area (Å²) >= 11 is 1.93. The van der Waals surface area contributed by atoms with E-state index in [1.54, 1.807) is 11.8 Å². The van der Waals surface area contributed by atoms with Crippen LogP contribution < -0.4 is 0 Å². The summed E-state index contributed by atoms with van der Waals surface area (Å²) in [4.78, 5) is 18.3. The molecule has 4 aliphatic carbocycles. The van der Waals surface area contributed by atoms with Crippen LogP contribution in [0, 0.1) is 24.7 Å². The molecular formula is C17H25N3O2S. The molecule has 4 fully saturated rings.